The summed E-state index contributed by atoms with van der Waals surface area (Å²) in [6.07, 6.45) is 0.374. The fourth-order valence-electron chi connectivity index (χ4n) is 4.11. The van der Waals surface area contributed by atoms with Crippen molar-refractivity contribution < 1.29 is 24.2 Å². The monoisotopic (exact) mass is 549 g/mol. The maximum atomic E-state index is 12.9. The molecule has 192 valence electrons. The molecular formula is C28H21Cl2N3O5. The summed E-state index contributed by atoms with van der Waals surface area (Å²) < 4.78 is 11.5. The molecule has 38 heavy (non-hydrogen) atoms. The number of benzene rings is 3. The smallest absolute Gasteiger partial charge is 0.311 e. The second kappa shape index (κ2) is 10.7. The number of rotatable bonds is 6. The molecule has 1 unspecified atom stereocenters. The Bertz CT molecular complexity index is 1530. The summed E-state index contributed by atoms with van der Waals surface area (Å²) in [6, 6.07) is 18.6. The third kappa shape index (κ3) is 5.56. The van der Waals surface area contributed by atoms with Gasteiger partial charge in [0.2, 0.25) is 0 Å². The largest absolute Gasteiger partial charge is 0.493 e. The highest BCUT2D eigenvalue weighted by Crippen LogP contribution is 2.41. The fourth-order valence-corrected chi connectivity index (χ4v) is 4.45. The molecule has 1 aromatic heterocycles. The minimum absolute atomic E-state index is 0.262. The van der Waals surface area contributed by atoms with Gasteiger partial charge >= 0.3 is 5.97 Å². The Morgan fingerprint density at radius 2 is 1.76 bits per heavy atom. The summed E-state index contributed by atoms with van der Waals surface area (Å²) in [5, 5.41) is 13.1. The summed E-state index contributed by atoms with van der Waals surface area (Å²) in [5.74, 6) is 0.117. The Hall–Kier alpha value is -4.14. The van der Waals surface area contributed by atoms with Crippen LogP contribution in [0.5, 0.6) is 17.2 Å². The first-order chi connectivity index (χ1) is 18.3. The van der Waals surface area contributed by atoms with Crippen LogP contribution in [0.3, 0.4) is 0 Å². The molecule has 1 aliphatic rings. The van der Waals surface area contributed by atoms with Crippen LogP contribution in [0.25, 0.3) is 11.3 Å². The number of aryl methyl sites for hydroxylation is 1. The molecule has 0 spiro atoms. The number of aromatic nitrogens is 2. The summed E-state index contributed by atoms with van der Waals surface area (Å²) in [6.45, 7) is 2.04. The molecule has 0 radical (unpaired) electrons. The molecule has 0 saturated carbocycles. The zero-order valence-corrected chi connectivity index (χ0v) is 21.6. The highest BCUT2D eigenvalue weighted by molar-refractivity contribution is 6.32. The predicted octanol–water partition coefficient (Wildman–Crippen LogP) is 6.75. The lowest BCUT2D eigenvalue weighted by Crippen LogP contribution is -2.20. The zero-order valence-electron chi connectivity index (χ0n) is 20.1. The normalized spacial score (nSPS) is 14.2. The Kier molecular flexibility index (Phi) is 7.18. The molecule has 8 nitrogen and oxygen atoms in total. The Balaban J connectivity index is 1.30. The van der Waals surface area contributed by atoms with Crippen LogP contribution < -0.4 is 14.8 Å². The van der Waals surface area contributed by atoms with Crippen LogP contribution in [-0.4, -0.2) is 33.6 Å². The summed E-state index contributed by atoms with van der Waals surface area (Å²) >= 11 is 12.4. The number of carboxylic acid groups (broad SMARTS) is 1. The van der Waals surface area contributed by atoms with Gasteiger partial charge in [-0.1, -0.05) is 35.3 Å². The van der Waals surface area contributed by atoms with Crippen LogP contribution >= 0.6 is 23.2 Å². The van der Waals surface area contributed by atoms with Gasteiger partial charge in [-0.15, -0.1) is 0 Å². The zero-order chi connectivity index (χ0) is 26.8. The van der Waals surface area contributed by atoms with Gasteiger partial charge in [0.25, 0.3) is 5.91 Å². The van der Waals surface area contributed by atoms with E-state index in [0.717, 1.165) is 5.56 Å². The predicted molar refractivity (Wildman–Crippen MR) is 144 cm³/mol. The van der Waals surface area contributed by atoms with Crippen molar-refractivity contribution in [3.63, 3.8) is 0 Å². The van der Waals surface area contributed by atoms with Gasteiger partial charge in [-0.05, 0) is 55.8 Å². The average Bonchev–Trinajstić information content (AvgIpc) is 2.89. The molecule has 2 heterocycles. The number of nitrogens with zero attached hydrogens (tertiary/aromatic N) is 2. The fraction of sp³-hybridized carbons (Fsp3) is 0.143. The minimum Gasteiger partial charge on any atom is -0.493 e. The SMILES string of the molecule is Cc1nc(NC(=O)c2ccc(Oc3cc4c(cc3Cl)C(C(=O)O)CCO4)cc2)cc(-c2ccc(Cl)cc2)n1. The van der Waals surface area contributed by atoms with Gasteiger partial charge in [-0.3, -0.25) is 9.59 Å². The highest BCUT2D eigenvalue weighted by Gasteiger charge is 2.29. The van der Waals surface area contributed by atoms with Crippen LogP contribution in [0.2, 0.25) is 10.0 Å². The lowest BCUT2D eigenvalue weighted by molar-refractivity contribution is -0.139. The van der Waals surface area contributed by atoms with E-state index in [2.05, 4.69) is 15.3 Å². The lowest BCUT2D eigenvalue weighted by Gasteiger charge is -2.24. The number of aliphatic carboxylic acids is 1. The van der Waals surface area contributed by atoms with Crippen LogP contribution in [0.1, 0.15) is 34.1 Å². The maximum absolute atomic E-state index is 12.9. The second-order valence-electron chi connectivity index (χ2n) is 8.62. The van der Waals surface area contributed by atoms with Crippen molar-refractivity contribution >= 4 is 40.9 Å². The van der Waals surface area contributed by atoms with Gasteiger partial charge in [0.05, 0.1) is 23.2 Å². The van der Waals surface area contributed by atoms with Crippen molar-refractivity contribution in [2.75, 3.05) is 11.9 Å². The number of amides is 1. The molecule has 1 amide bonds. The molecule has 0 aliphatic carbocycles. The van der Waals surface area contributed by atoms with Crippen molar-refractivity contribution in [2.24, 2.45) is 0 Å². The lowest BCUT2D eigenvalue weighted by atomic mass is 9.93. The molecule has 1 atom stereocenters. The average molecular weight is 550 g/mol. The number of ether oxygens (including phenoxy) is 2. The van der Waals surface area contributed by atoms with E-state index in [4.69, 9.17) is 32.7 Å². The molecule has 3 aromatic carbocycles. The number of anilines is 1. The first-order valence-electron chi connectivity index (χ1n) is 11.7. The minimum atomic E-state index is -0.925. The molecule has 10 heteroatoms. The van der Waals surface area contributed by atoms with Crippen molar-refractivity contribution in [2.45, 2.75) is 19.3 Å². The Labute approximate surface area is 228 Å². The Morgan fingerprint density at radius 1 is 1.03 bits per heavy atom. The number of carbonyl (C=O) groups is 2. The number of fused-ring (bicyclic) bond motifs is 1. The highest BCUT2D eigenvalue weighted by atomic mass is 35.5. The molecule has 0 fully saturated rings. The van der Waals surface area contributed by atoms with Crippen LogP contribution in [0, 0.1) is 6.92 Å². The van der Waals surface area contributed by atoms with E-state index in [1.54, 1.807) is 61.5 Å². The van der Waals surface area contributed by atoms with Gasteiger partial charge in [-0.2, -0.15) is 0 Å². The standard InChI is InChI=1S/C28H21Cl2N3O5/c1-15-31-23(16-2-6-18(29)7-3-16)13-26(32-15)33-27(34)17-4-8-19(9-5-17)38-25-14-24-21(12-22(25)30)20(28(35)36)10-11-37-24/h2-9,12-14,20H,10-11H2,1H3,(H,35,36)(H,31,32,33,34). The second-order valence-corrected chi connectivity index (χ2v) is 9.47. The number of hydrogen-bond acceptors (Lipinski definition) is 6. The van der Waals surface area contributed by atoms with E-state index in [9.17, 15) is 14.7 Å². The number of carboxylic acids is 1. The summed E-state index contributed by atoms with van der Waals surface area (Å²) in [7, 11) is 0. The van der Waals surface area contributed by atoms with Crippen LogP contribution in [0.15, 0.2) is 66.7 Å². The van der Waals surface area contributed by atoms with E-state index in [1.165, 1.54) is 0 Å². The number of halogens is 2. The number of carbonyl (C=O) groups excluding carboxylic acids is 1. The van der Waals surface area contributed by atoms with E-state index in [-0.39, 0.29) is 10.9 Å². The van der Waals surface area contributed by atoms with E-state index in [0.29, 0.717) is 63.8 Å². The molecule has 4 aromatic rings. The quantitative estimate of drug-likeness (QED) is 0.273. The molecule has 1 aliphatic heterocycles. The van der Waals surface area contributed by atoms with E-state index in [1.807, 2.05) is 12.1 Å². The number of hydrogen-bond donors (Lipinski definition) is 2. The van der Waals surface area contributed by atoms with Gasteiger partial charge in [0.15, 0.2) is 0 Å². The first kappa shape index (κ1) is 25.5. The molecule has 2 N–H and O–H groups in total. The van der Waals surface area contributed by atoms with Gasteiger partial charge in [0.1, 0.15) is 28.9 Å². The van der Waals surface area contributed by atoms with Gasteiger partial charge in [-0.25, -0.2) is 9.97 Å². The third-order valence-electron chi connectivity index (χ3n) is 5.97. The van der Waals surface area contributed by atoms with Gasteiger partial charge < -0.3 is 19.9 Å². The molecule has 5 rings (SSSR count). The maximum Gasteiger partial charge on any atom is 0.311 e. The summed E-state index contributed by atoms with van der Waals surface area (Å²) in [5.41, 5.74) is 2.42. The Morgan fingerprint density at radius 3 is 2.47 bits per heavy atom. The van der Waals surface area contributed by atoms with Crippen molar-refractivity contribution in [3.8, 4) is 28.5 Å². The first-order valence-corrected chi connectivity index (χ1v) is 12.4. The molecular weight excluding hydrogens is 529 g/mol. The van der Waals surface area contributed by atoms with Crippen molar-refractivity contribution in [1.29, 1.82) is 0 Å². The van der Waals surface area contributed by atoms with Crippen molar-refractivity contribution in [3.05, 3.63) is 93.7 Å². The summed E-state index contributed by atoms with van der Waals surface area (Å²) in [4.78, 5) is 33.2. The van der Waals surface area contributed by atoms with E-state index >= 15 is 0 Å². The molecule has 0 saturated heterocycles. The van der Waals surface area contributed by atoms with Crippen LogP contribution in [-0.2, 0) is 4.79 Å². The van der Waals surface area contributed by atoms with Crippen molar-refractivity contribution in [1.82, 2.24) is 9.97 Å². The third-order valence-corrected chi connectivity index (χ3v) is 6.51. The topological polar surface area (TPSA) is 111 Å². The van der Waals surface area contributed by atoms with E-state index < -0.39 is 11.9 Å². The van der Waals surface area contributed by atoms with Crippen LogP contribution in [0.4, 0.5) is 5.82 Å². The molecule has 0 bridgehead atoms. The van der Waals surface area contributed by atoms with Gasteiger partial charge in [0, 0.05) is 33.8 Å². The number of nitrogens with one attached hydrogen (secondary N) is 1.